The number of benzene rings is 2. The minimum absolute atomic E-state index is 0.0840. The van der Waals surface area contributed by atoms with Crippen LogP contribution in [0.1, 0.15) is 18.1 Å². The summed E-state index contributed by atoms with van der Waals surface area (Å²) in [5, 5.41) is 6.05. The number of aromatic nitrogens is 2. The molecule has 0 saturated heterocycles. The Morgan fingerprint density at radius 2 is 1.74 bits per heavy atom. The fourth-order valence-corrected chi connectivity index (χ4v) is 3.22. The number of carbonyl (C=O) groups is 1. The highest BCUT2D eigenvalue weighted by Gasteiger charge is 2.18. The minimum atomic E-state index is -0.0840. The fraction of sp³-hybridized carbons (Fsp3) is 0.190. The van der Waals surface area contributed by atoms with E-state index in [9.17, 15) is 4.79 Å². The van der Waals surface area contributed by atoms with Crippen molar-refractivity contribution in [3.05, 3.63) is 71.9 Å². The molecule has 0 atom stereocenters. The molecule has 1 aromatic heterocycles. The Kier molecular flexibility index (Phi) is 4.70. The third-order valence-electron chi connectivity index (χ3n) is 4.53. The van der Waals surface area contributed by atoms with Crippen molar-refractivity contribution in [2.24, 2.45) is 0 Å². The average Bonchev–Trinajstić information content (AvgIpc) is 2.69. The van der Waals surface area contributed by atoms with E-state index in [-0.39, 0.29) is 5.91 Å². The van der Waals surface area contributed by atoms with Crippen LogP contribution in [-0.4, -0.2) is 22.4 Å². The van der Waals surface area contributed by atoms with Crippen LogP contribution in [0.2, 0.25) is 0 Å². The summed E-state index contributed by atoms with van der Waals surface area (Å²) in [6.07, 6.45) is 2.78. The summed E-state index contributed by atoms with van der Waals surface area (Å²) in [4.78, 5) is 22.4. The largest absolute Gasteiger partial charge is 0.340 e. The summed E-state index contributed by atoms with van der Waals surface area (Å²) in [6.45, 7) is 3.23. The zero-order valence-electron chi connectivity index (χ0n) is 15.1. The first-order valence-electron chi connectivity index (χ1n) is 8.97. The Bertz CT molecular complexity index is 955. The lowest BCUT2D eigenvalue weighted by Gasteiger charge is -2.28. The van der Waals surface area contributed by atoms with Gasteiger partial charge in [-0.15, -0.1) is 0 Å². The summed E-state index contributed by atoms with van der Waals surface area (Å²) in [7, 11) is 0. The van der Waals surface area contributed by atoms with Gasteiger partial charge < -0.3 is 15.5 Å². The molecule has 27 heavy (non-hydrogen) atoms. The van der Waals surface area contributed by atoms with Gasteiger partial charge >= 0.3 is 0 Å². The predicted octanol–water partition coefficient (Wildman–Crippen LogP) is 3.74. The van der Waals surface area contributed by atoms with Crippen LogP contribution < -0.4 is 15.5 Å². The van der Waals surface area contributed by atoms with E-state index in [0.29, 0.717) is 0 Å². The first-order valence-corrected chi connectivity index (χ1v) is 8.97. The van der Waals surface area contributed by atoms with Crippen molar-refractivity contribution in [2.75, 3.05) is 22.1 Å². The Labute approximate surface area is 158 Å². The third-order valence-corrected chi connectivity index (χ3v) is 4.53. The summed E-state index contributed by atoms with van der Waals surface area (Å²) in [5.41, 5.74) is 4.41. The topological polar surface area (TPSA) is 70.2 Å². The van der Waals surface area contributed by atoms with Gasteiger partial charge in [-0.1, -0.05) is 24.3 Å². The number of anilines is 4. The van der Waals surface area contributed by atoms with Gasteiger partial charge in [0.15, 0.2) is 0 Å². The van der Waals surface area contributed by atoms with Crippen molar-refractivity contribution in [1.29, 1.82) is 0 Å². The molecule has 2 N–H and O–H groups in total. The van der Waals surface area contributed by atoms with Gasteiger partial charge in [-0.25, -0.2) is 4.98 Å². The standard InChI is InChI=1S/C21H21N5O/c1-15(27)23-18-6-8-19(9-7-18)24-20-10-12-22-21(25-20)26-13-11-16-4-2-3-5-17(16)14-26/h2-10,12H,11,13-14H2,1H3,(H,23,27)(H,22,24,25). The van der Waals surface area contributed by atoms with E-state index in [4.69, 9.17) is 0 Å². The highest BCUT2D eigenvalue weighted by molar-refractivity contribution is 5.88. The van der Waals surface area contributed by atoms with E-state index < -0.39 is 0 Å². The van der Waals surface area contributed by atoms with E-state index in [1.54, 1.807) is 6.20 Å². The average molecular weight is 359 g/mol. The van der Waals surface area contributed by atoms with Crippen molar-refractivity contribution >= 4 is 29.0 Å². The van der Waals surface area contributed by atoms with Gasteiger partial charge in [0.05, 0.1) is 0 Å². The van der Waals surface area contributed by atoms with E-state index in [0.717, 1.165) is 42.7 Å². The molecule has 0 bridgehead atoms. The molecule has 3 aromatic rings. The summed E-state index contributed by atoms with van der Waals surface area (Å²) in [5.74, 6) is 1.38. The van der Waals surface area contributed by atoms with E-state index in [1.165, 1.54) is 18.1 Å². The number of hydrogen-bond acceptors (Lipinski definition) is 5. The van der Waals surface area contributed by atoms with Crippen LogP contribution in [0.3, 0.4) is 0 Å². The lowest BCUT2D eigenvalue weighted by Crippen LogP contribution is -2.31. The SMILES string of the molecule is CC(=O)Nc1ccc(Nc2ccnc(N3CCc4ccccc4C3)n2)cc1. The van der Waals surface area contributed by atoms with E-state index in [1.807, 2.05) is 30.3 Å². The molecule has 6 nitrogen and oxygen atoms in total. The molecular weight excluding hydrogens is 338 g/mol. The van der Waals surface area contributed by atoms with Gasteiger partial charge in [0.1, 0.15) is 5.82 Å². The van der Waals surface area contributed by atoms with Crippen molar-refractivity contribution in [1.82, 2.24) is 9.97 Å². The van der Waals surface area contributed by atoms with Crippen LogP contribution in [0.4, 0.5) is 23.1 Å². The van der Waals surface area contributed by atoms with E-state index >= 15 is 0 Å². The maximum Gasteiger partial charge on any atom is 0.227 e. The quantitative estimate of drug-likeness (QED) is 0.743. The zero-order chi connectivity index (χ0) is 18.6. The van der Waals surface area contributed by atoms with Crippen molar-refractivity contribution in [3.8, 4) is 0 Å². The lowest BCUT2D eigenvalue weighted by molar-refractivity contribution is -0.114. The molecule has 0 unspecified atom stereocenters. The molecule has 0 spiro atoms. The smallest absolute Gasteiger partial charge is 0.227 e. The highest BCUT2D eigenvalue weighted by atomic mass is 16.1. The molecule has 1 aliphatic rings. The second kappa shape index (κ2) is 7.45. The molecule has 1 aliphatic heterocycles. The summed E-state index contributed by atoms with van der Waals surface area (Å²) >= 11 is 0. The van der Waals surface area contributed by atoms with Gasteiger partial charge in [-0.05, 0) is 47.9 Å². The summed E-state index contributed by atoms with van der Waals surface area (Å²) in [6, 6.07) is 17.9. The first kappa shape index (κ1) is 17.0. The summed E-state index contributed by atoms with van der Waals surface area (Å²) < 4.78 is 0. The number of carbonyl (C=O) groups excluding carboxylic acids is 1. The molecule has 1 amide bonds. The van der Waals surface area contributed by atoms with Gasteiger partial charge in [0.25, 0.3) is 0 Å². The molecule has 0 radical (unpaired) electrons. The van der Waals surface area contributed by atoms with Crippen LogP contribution in [0.15, 0.2) is 60.8 Å². The lowest BCUT2D eigenvalue weighted by atomic mass is 10.0. The fourth-order valence-electron chi connectivity index (χ4n) is 3.22. The Morgan fingerprint density at radius 3 is 2.52 bits per heavy atom. The number of rotatable bonds is 4. The molecular formula is C21H21N5O. The van der Waals surface area contributed by atoms with Crippen LogP contribution in [0.25, 0.3) is 0 Å². The molecule has 2 aromatic carbocycles. The van der Waals surface area contributed by atoms with Gasteiger partial charge in [0.2, 0.25) is 11.9 Å². The number of fused-ring (bicyclic) bond motifs is 1. The normalized spacial score (nSPS) is 13.0. The van der Waals surface area contributed by atoms with Gasteiger partial charge in [-0.3, -0.25) is 4.79 Å². The van der Waals surface area contributed by atoms with Crippen LogP contribution in [-0.2, 0) is 17.8 Å². The van der Waals surface area contributed by atoms with Crippen LogP contribution >= 0.6 is 0 Å². The maximum absolute atomic E-state index is 11.1. The Hall–Kier alpha value is -3.41. The number of nitrogens with zero attached hydrogens (tertiary/aromatic N) is 3. The number of nitrogens with one attached hydrogen (secondary N) is 2. The maximum atomic E-state index is 11.1. The molecule has 4 rings (SSSR count). The van der Waals surface area contributed by atoms with Gasteiger partial charge in [-0.2, -0.15) is 4.98 Å². The third kappa shape index (κ3) is 4.06. The molecule has 136 valence electrons. The molecule has 6 heteroatoms. The minimum Gasteiger partial charge on any atom is -0.340 e. The van der Waals surface area contributed by atoms with Crippen molar-refractivity contribution < 1.29 is 4.79 Å². The predicted molar refractivity (Wildman–Crippen MR) is 107 cm³/mol. The van der Waals surface area contributed by atoms with Crippen molar-refractivity contribution in [2.45, 2.75) is 19.9 Å². The number of amides is 1. The highest BCUT2D eigenvalue weighted by Crippen LogP contribution is 2.23. The van der Waals surface area contributed by atoms with Crippen molar-refractivity contribution in [3.63, 3.8) is 0 Å². The second-order valence-electron chi connectivity index (χ2n) is 6.57. The number of hydrogen-bond donors (Lipinski definition) is 2. The Morgan fingerprint density at radius 1 is 1.00 bits per heavy atom. The van der Waals surface area contributed by atoms with E-state index in [2.05, 4.69) is 49.8 Å². The van der Waals surface area contributed by atoms with Crippen LogP contribution in [0, 0.1) is 0 Å². The van der Waals surface area contributed by atoms with Crippen LogP contribution in [0.5, 0.6) is 0 Å². The first-order chi connectivity index (χ1) is 13.2. The zero-order valence-corrected chi connectivity index (χ0v) is 15.1. The second-order valence-corrected chi connectivity index (χ2v) is 6.57. The van der Waals surface area contributed by atoms with Gasteiger partial charge in [0, 0.05) is 37.6 Å². The Balaban J connectivity index is 1.47. The molecule has 0 aliphatic carbocycles. The monoisotopic (exact) mass is 359 g/mol. The molecule has 0 fully saturated rings. The molecule has 0 saturated carbocycles. The molecule has 2 heterocycles.